The molecule has 5 atom stereocenters. The third-order valence-corrected chi connectivity index (χ3v) is 8.66. The van der Waals surface area contributed by atoms with Gasteiger partial charge in [-0.1, -0.05) is 78.8 Å². The van der Waals surface area contributed by atoms with Crippen molar-refractivity contribution in [3.8, 4) is 0 Å². The monoisotopic (exact) mass is 583 g/mol. The molecule has 2 fully saturated rings. The highest BCUT2D eigenvalue weighted by Crippen LogP contribution is 2.65. The van der Waals surface area contributed by atoms with Gasteiger partial charge in [-0.05, 0) is 34.1 Å². The fourth-order valence-electron chi connectivity index (χ4n) is 5.92. The topological polar surface area (TPSA) is 168 Å². The second-order valence-electron chi connectivity index (χ2n) is 13.6. The molecule has 5 amide bonds. The van der Waals surface area contributed by atoms with Gasteiger partial charge >= 0.3 is 6.03 Å². The fourth-order valence-corrected chi connectivity index (χ4v) is 5.92. The van der Waals surface area contributed by atoms with Gasteiger partial charge in [-0.2, -0.15) is 0 Å². The number of piperidine rings is 1. The van der Waals surface area contributed by atoms with Crippen molar-refractivity contribution >= 4 is 35.3 Å². The van der Waals surface area contributed by atoms with Gasteiger partial charge < -0.3 is 26.6 Å². The van der Waals surface area contributed by atoms with Gasteiger partial charge in [-0.25, -0.2) is 4.79 Å². The lowest BCUT2D eigenvalue weighted by molar-refractivity contribution is -0.144. The molecule has 1 aliphatic carbocycles. The molecule has 5 N–H and O–H groups in total. The first kappa shape index (κ1) is 32.8. The molecule has 0 spiro atoms. The molecule has 42 heavy (non-hydrogen) atoms. The predicted molar refractivity (Wildman–Crippen MR) is 157 cm³/mol. The Kier molecular flexibility index (Phi) is 9.85. The van der Waals surface area contributed by atoms with Crippen molar-refractivity contribution in [2.24, 2.45) is 34.3 Å². The number of nitrogens with two attached hydrogens (primary N) is 1. The number of likely N-dealkylation sites (tertiary alicyclic amines) is 1. The predicted octanol–water partition coefficient (Wildman–Crippen LogP) is 1.58. The summed E-state index contributed by atoms with van der Waals surface area (Å²) in [5.74, 6) is -3.12. The van der Waals surface area contributed by atoms with Crippen LogP contribution in [-0.4, -0.2) is 71.4 Å². The maximum Gasteiger partial charge on any atom is 0.315 e. The van der Waals surface area contributed by atoms with Crippen LogP contribution in [0.15, 0.2) is 30.3 Å². The van der Waals surface area contributed by atoms with Gasteiger partial charge in [0.25, 0.3) is 5.91 Å². The second-order valence-corrected chi connectivity index (χ2v) is 13.6. The van der Waals surface area contributed by atoms with Gasteiger partial charge in [0.2, 0.25) is 17.6 Å². The van der Waals surface area contributed by atoms with E-state index in [0.717, 1.165) is 5.56 Å². The molecule has 1 aromatic rings. The minimum absolute atomic E-state index is 0.00812. The third kappa shape index (κ3) is 7.54. The molecule has 1 unspecified atom stereocenters. The van der Waals surface area contributed by atoms with Gasteiger partial charge in [0.05, 0.1) is 6.54 Å². The quantitative estimate of drug-likeness (QED) is 0.273. The van der Waals surface area contributed by atoms with Gasteiger partial charge in [0.15, 0.2) is 0 Å². The standard InChI is InChI=1S/C31H45N5O6/c1-17(2)21(14-19(37)13-18-11-9-8-10-12-18)34-29(42)35-25(30(3,4)5)28(41)36-16-20-23(31(20,6)7)24(36)27(40)33-15-22(38)26(32)39/h8-12,17,20-21,23-25H,13-16H2,1-7H3,(H2,32,39)(H,33,40)(H2,34,35,42)/t20?,21-,23+,24+,25-/m1/s1. The number of carbonyl (C=O) groups excluding carboxylic acids is 6. The Bertz CT molecular complexity index is 1220. The van der Waals surface area contributed by atoms with Crippen molar-refractivity contribution < 1.29 is 28.8 Å². The molecule has 1 heterocycles. The maximum absolute atomic E-state index is 14.0. The number of benzene rings is 1. The summed E-state index contributed by atoms with van der Waals surface area (Å²) in [4.78, 5) is 77.5. The number of carbonyl (C=O) groups is 6. The zero-order valence-corrected chi connectivity index (χ0v) is 25.7. The average molecular weight is 584 g/mol. The molecule has 0 bridgehead atoms. The molecule has 230 valence electrons. The van der Waals surface area contributed by atoms with Crippen LogP contribution < -0.4 is 21.7 Å². The van der Waals surface area contributed by atoms with E-state index < -0.39 is 59.6 Å². The highest BCUT2D eigenvalue weighted by molar-refractivity contribution is 6.36. The molecule has 1 saturated carbocycles. The second kappa shape index (κ2) is 12.6. The normalized spacial score (nSPS) is 22.0. The zero-order valence-electron chi connectivity index (χ0n) is 25.7. The first-order chi connectivity index (χ1) is 19.4. The van der Waals surface area contributed by atoms with E-state index in [1.165, 1.54) is 4.90 Å². The smallest absolute Gasteiger partial charge is 0.315 e. The van der Waals surface area contributed by atoms with E-state index in [1.54, 1.807) is 0 Å². The number of hydrogen-bond donors (Lipinski definition) is 4. The summed E-state index contributed by atoms with van der Waals surface area (Å²) < 4.78 is 0. The lowest BCUT2D eigenvalue weighted by Gasteiger charge is -2.38. The SMILES string of the molecule is CC(C)[C@@H](CC(=O)Cc1ccccc1)NC(=O)N[C@H](C(=O)N1CC2[C@@H]([C@H]1C(=O)NCC(=O)C(N)=O)C2(C)C)C(C)(C)C. The number of urea groups is 1. The molecular formula is C31H45N5O6. The minimum atomic E-state index is -1.15. The molecule has 1 aromatic carbocycles. The summed E-state index contributed by atoms with van der Waals surface area (Å²) in [5.41, 5.74) is 5.02. The van der Waals surface area contributed by atoms with Gasteiger partial charge in [-0.3, -0.25) is 24.0 Å². The van der Waals surface area contributed by atoms with E-state index >= 15 is 0 Å². The van der Waals surface area contributed by atoms with Crippen molar-refractivity contribution in [2.45, 2.75) is 79.4 Å². The Morgan fingerprint density at radius 1 is 1.02 bits per heavy atom. The summed E-state index contributed by atoms with van der Waals surface area (Å²) >= 11 is 0. The number of Topliss-reactive ketones (excluding diaryl/α,β-unsaturated/α-hetero) is 2. The van der Waals surface area contributed by atoms with Crippen molar-refractivity contribution in [1.29, 1.82) is 0 Å². The van der Waals surface area contributed by atoms with Crippen LogP contribution >= 0.6 is 0 Å². The Morgan fingerprint density at radius 3 is 2.19 bits per heavy atom. The van der Waals surface area contributed by atoms with E-state index in [0.29, 0.717) is 6.54 Å². The van der Waals surface area contributed by atoms with Crippen LogP contribution in [0.5, 0.6) is 0 Å². The molecule has 2 aliphatic rings. The number of nitrogens with one attached hydrogen (secondary N) is 3. The largest absolute Gasteiger partial charge is 0.363 e. The third-order valence-electron chi connectivity index (χ3n) is 8.66. The number of fused-ring (bicyclic) bond motifs is 1. The van der Waals surface area contributed by atoms with Crippen LogP contribution in [-0.2, 0) is 30.4 Å². The molecule has 1 aliphatic heterocycles. The highest BCUT2D eigenvalue weighted by Gasteiger charge is 2.69. The van der Waals surface area contributed by atoms with Crippen LogP contribution in [0.25, 0.3) is 0 Å². The van der Waals surface area contributed by atoms with Crippen LogP contribution in [0, 0.1) is 28.6 Å². The van der Waals surface area contributed by atoms with Crippen LogP contribution in [0.2, 0.25) is 0 Å². The number of ketones is 2. The van der Waals surface area contributed by atoms with Crippen molar-refractivity contribution in [3.63, 3.8) is 0 Å². The molecule has 11 nitrogen and oxygen atoms in total. The summed E-state index contributed by atoms with van der Waals surface area (Å²) in [5, 5.41) is 8.17. The summed E-state index contributed by atoms with van der Waals surface area (Å²) in [6.45, 7) is 13.1. The van der Waals surface area contributed by atoms with Crippen molar-refractivity contribution in [2.75, 3.05) is 13.1 Å². The molecule has 0 radical (unpaired) electrons. The highest BCUT2D eigenvalue weighted by atomic mass is 16.2. The molecule has 0 aromatic heterocycles. The Hall–Kier alpha value is -3.76. The van der Waals surface area contributed by atoms with E-state index in [-0.39, 0.29) is 41.8 Å². The summed E-state index contributed by atoms with van der Waals surface area (Å²) in [6, 6.07) is 6.54. The zero-order chi connectivity index (χ0) is 31.6. The average Bonchev–Trinajstić information content (AvgIpc) is 3.21. The van der Waals surface area contributed by atoms with E-state index in [9.17, 15) is 28.8 Å². The summed E-state index contributed by atoms with van der Waals surface area (Å²) in [7, 11) is 0. The lowest BCUT2D eigenvalue weighted by Crippen LogP contribution is -2.61. The van der Waals surface area contributed by atoms with Gasteiger partial charge in [0, 0.05) is 25.4 Å². The maximum atomic E-state index is 14.0. The summed E-state index contributed by atoms with van der Waals surface area (Å²) in [6.07, 6.45) is 0.406. The number of hydrogen-bond acceptors (Lipinski definition) is 6. The van der Waals surface area contributed by atoms with Crippen LogP contribution in [0.4, 0.5) is 4.79 Å². The van der Waals surface area contributed by atoms with E-state index in [4.69, 9.17) is 5.73 Å². The van der Waals surface area contributed by atoms with Crippen molar-refractivity contribution in [3.05, 3.63) is 35.9 Å². The number of primary amides is 1. The van der Waals surface area contributed by atoms with Crippen molar-refractivity contribution in [1.82, 2.24) is 20.9 Å². The van der Waals surface area contributed by atoms with Gasteiger partial charge in [0.1, 0.15) is 17.9 Å². The van der Waals surface area contributed by atoms with E-state index in [2.05, 4.69) is 16.0 Å². The number of amides is 5. The molecule has 11 heteroatoms. The van der Waals surface area contributed by atoms with Crippen LogP contribution in [0.1, 0.15) is 60.5 Å². The van der Waals surface area contributed by atoms with Crippen LogP contribution in [0.3, 0.4) is 0 Å². The first-order valence-electron chi connectivity index (χ1n) is 14.5. The molecule has 3 rings (SSSR count). The molecule has 1 saturated heterocycles. The lowest BCUT2D eigenvalue weighted by atomic mass is 9.85. The Balaban J connectivity index is 1.71. The first-order valence-corrected chi connectivity index (χ1v) is 14.5. The number of rotatable bonds is 12. The van der Waals surface area contributed by atoms with Gasteiger partial charge in [-0.15, -0.1) is 0 Å². The number of nitrogens with zero attached hydrogens (tertiary/aromatic N) is 1. The molecular weight excluding hydrogens is 538 g/mol. The van der Waals surface area contributed by atoms with E-state index in [1.807, 2.05) is 78.8 Å². The Labute approximate surface area is 247 Å². The fraction of sp³-hybridized carbons (Fsp3) is 0.613. The minimum Gasteiger partial charge on any atom is -0.363 e. The Morgan fingerprint density at radius 2 is 1.64 bits per heavy atom.